The second-order valence-corrected chi connectivity index (χ2v) is 4.05. The van der Waals surface area contributed by atoms with Crippen LogP contribution in [0.4, 0.5) is 32.0 Å². The van der Waals surface area contributed by atoms with Crippen LogP contribution in [0.5, 0.6) is 0 Å². The fourth-order valence-electron chi connectivity index (χ4n) is 1.70. The highest BCUT2D eigenvalue weighted by Gasteiger charge is 2.33. The van der Waals surface area contributed by atoms with Crippen molar-refractivity contribution in [2.75, 3.05) is 5.73 Å². The summed E-state index contributed by atoms with van der Waals surface area (Å²) < 4.78 is 77.0. The van der Waals surface area contributed by atoms with Crippen LogP contribution in [0.1, 0.15) is 5.56 Å². The van der Waals surface area contributed by atoms with Crippen molar-refractivity contribution in [1.29, 1.82) is 0 Å². The molecule has 0 heterocycles. The maximum atomic E-state index is 13.1. The molecule has 0 atom stereocenters. The fraction of sp³-hybridized carbons (Fsp3) is 0.0769. The average molecular weight is 291 g/mol. The lowest BCUT2D eigenvalue weighted by molar-refractivity contribution is -0.136. The van der Waals surface area contributed by atoms with Crippen molar-refractivity contribution in [2.24, 2.45) is 0 Å². The molecule has 0 unspecified atom stereocenters. The number of hydrogen-bond donors (Lipinski definition) is 1. The molecule has 106 valence electrons. The summed E-state index contributed by atoms with van der Waals surface area (Å²) in [5.41, 5.74) is 3.24. The van der Waals surface area contributed by atoms with Crippen LogP contribution in [0, 0.1) is 17.5 Å². The van der Waals surface area contributed by atoms with Crippen LogP contribution >= 0.6 is 0 Å². The zero-order valence-corrected chi connectivity index (χ0v) is 9.73. The van der Waals surface area contributed by atoms with Crippen LogP contribution in [0.25, 0.3) is 11.1 Å². The predicted molar refractivity (Wildman–Crippen MR) is 61.2 cm³/mol. The molecule has 0 amide bonds. The summed E-state index contributed by atoms with van der Waals surface area (Å²) in [6, 6.07) is 4.02. The normalized spacial score (nSPS) is 11.7. The van der Waals surface area contributed by atoms with E-state index in [-0.39, 0.29) is 11.1 Å². The average Bonchev–Trinajstić information content (AvgIpc) is 2.34. The molecule has 0 fully saturated rings. The molecule has 2 rings (SSSR count). The molecule has 0 bridgehead atoms. The van der Waals surface area contributed by atoms with E-state index in [4.69, 9.17) is 5.73 Å². The zero-order chi connectivity index (χ0) is 15.1. The van der Waals surface area contributed by atoms with Crippen LogP contribution in [0.3, 0.4) is 0 Å². The third kappa shape index (κ3) is 2.56. The first-order chi connectivity index (χ1) is 9.20. The summed E-state index contributed by atoms with van der Waals surface area (Å²) in [5, 5.41) is 0. The van der Waals surface area contributed by atoms with Crippen LogP contribution in [0.2, 0.25) is 0 Å². The van der Waals surface area contributed by atoms with Gasteiger partial charge in [-0.25, -0.2) is 13.2 Å². The zero-order valence-electron chi connectivity index (χ0n) is 9.73. The minimum absolute atomic E-state index is 0.121. The molecule has 1 nitrogen and oxygen atoms in total. The lowest BCUT2D eigenvalue weighted by Gasteiger charge is -2.12. The third-order valence-corrected chi connectivity index (χ3v) is 2.68. The Morgan fingerprint density at radius 3 is 1.85 bits per heavy atom. The first-order valence-electron chi connectivity index (χ1n) is 5.32. The van der Waals surface area contributed by atoms with Crippen molar-refractivity contribution in [2.45, 2.75) is 6.18 Å². The van der Waals surface area contributed by atoms with E-state index < -0.39 is 34.9 Å². The number of alkyl halides is 3. The summed E-state index contributed by atoms with van der Waals surface area (Å²) in [7, 11) is 0. The number of rotatable bonds is 1. The maximum absolute atomic E-state index is 13.1. The molecule has 0 radical (unpaired) electrons. The van der Waals surface area contributed by atoms with Gasteiger partial charge in [0.1, 0.15) is 0 Å². The minimum atomic E-state index is -4.70. The van der Waals surface area contributed by atoms with Gasteiger partial charge in [0.25, 0.3) is 0 Å². The van der Waals surface area contributed by atoms with Crippen molar-refractivity contribution in [1.82, 2.24) is 0 Å². The van der Waals surface area contributed by atoms with Gasteiger partial charge in [-0.15, -0.1) is 0 Å². The first kappa shape index (κ1) is 14.2. The number of anilines is 1. The Kier molecular flexibility index (Phi) is 3.37. The topological polar surface area (TPSA) is 26.0 Å². The SMILES string of the molecule is Nc1ccc(-c2cc(F)c(F)c(F)c2)cc1C(F)(F)F. The largest absolute Gasteiger partial charge is 0.418 e. The molecule has 0 saturated heterocycles. The molecular weight excluding hydrogens is 284 g/mol. The van der Waals surface area contributed by atoms with Crippen molar-refractivity contribution in [3.05, 3.63) is 53.3 Å². The number of nitrogen functional groups attached to an aromatic ring is 1. The van der Waals surface area contributed by atoms with E-state index in [1.54, 1.807) is 0 Å². The Labute approximate surface area is 109 Å². The predicted octanol–water partition coefficient (Wildman–Crippen LogP) is 4.37. The summed E-state index contributed by atoms with van der Waals surface area (Å²) in [6.07, 6.45) is -4.70. The van der Waals surface area contributed by atoms with E-state index >= 15 is 0 Å². The van der Waals surface area contributed by atoms with Crippen molar-refractivity contribution in [3.63, 3.8) is 0 Å². The maximum Gasteiger partial charge on any atom is 0.418 e. The lowest BCUT2D eigenvalue weighted by atomic mass is 10.0. The molecular formula is C13H7F6N. The molecule has 7 heteroatoms. The minimum Gasteiger partial charge on any atom is -0.398 e. The Hall–Kier alpha value is -2.18. The second-order valence-electron chi connectivity index (χ2n) is 4.05. The van der Waals surface area contributed by atoms with Crippen molar-refractivity contribution >= 4 is 5.69 Å². The summed E-state index contributed by atoms with van der Waals surface area (Å²) in [4.78, 5) is 0. The Morgan fingerprint density at radius 2 is 1.35 bits per heavy atom. The third-order valence-electron chi connectivity index (χ3n) is 2.68. The fourth-order valence-corrected chi connectivity index (χ4v) is 1.70. The van der Waals surface area contributed by atoms with E-state index in [1.165, 1.54) is 0 Å². The van der Waals surface area contributed by atoms with Gasteiger partial charge in [-0.3, -0.25) is 0 Å². The number of halogens is 6. The van der Waals surface area contributed by atoms with Gasteiger partial charge in [0, 0.05) is 5.69 Å². The number of nitrogens with two attached hydrogens (primary N) is 1. The highest BCUT2D eigenvalue weighted by atomic mass is 19.4. The summed E-state index contributed by atoms with van der Waals surface area (Å²) in [5.74, 6) is -4.64. The van der Waals surface area contributed by atoms with Gasteiger partial charge in [0.15, 0.2) is 17.5 Å². The summed E-state index contributed by atoms with van der Waals surface area (Å²) in [6.45, 7) is 0. The van der Waals surface area contributed by atoms with E-state index in [1.807, 2.05) is 0 Å². The van der Waals surface area contributed by atoms with E-state index in [0.29, 0.717) is 18.2 Å². The van der Waals surface area contributed by atoms with Gasteiger partial charge in [-0.05, 0) is 35.4 Å². The van der Waals surface area contributed by atoms with Gasteiger partial charge in [-0.2, -0.15) is 13.2 Å². The quantitative estimate of drug-likeness (QED) is 0.471. The van der Waals surface area contributed by atoms with E-state index in [2.05, 4.69) is 0 Å². The molecule has 0 aliphatic heterocycles. The monoisotopic (exact) mass is 291 g/mol. The molecule has 0 saturated carbocycles. The molecule has 0 aromatic heterocycles. The van der Waals surface area contributed by atoms with E-state index in [9.17, 15) is 26.3 Å². The standard InChI is InChI=1S/C13H7F6N/c14-9-4-7(5-10(15)12(9)16)6-1-2-11(20)8(3-6)13(17,18)19/h1-5H,20H2. The van der Waals surface area contributed by atoms with Crippen LogP contribution < -0.4 is 5.73 Å². The molecule has 20 heavy (non-hydrogen) atoms. The van der Waals surface area contributed by atoms with Gasteiger partial charge in [0.05, 0.1) is 5.56 Å². The number of benzene rings is 2. The highest BCUT2D eigenvalue weighted by Crippen LogP contribution is 2.36. The Balaban J connectivity index is 2.60. The van der Waals surface area contributed by atoms with Gasteiger partial charge in [0.2, 0.25) is 0 Å². The summed E-state index contributed by atoms with van der Waals surface area (Å²) >= 11 is 0. The van der Waals surface area contributed by atoms with Crippen LogP contribution in [0.15, 0.2) is 30.3 Å². The molecule has 2 N–H and O–H groups in total. The molecule has 0 spiro atoms. The van der Waals surface area contributed by atoms with Gasteiger partial charge in [-0.1, -0.05) is 6.07 Å². The second kappa shape index (κ2) is 4.73. The van der Waals surface area contributed by atoms with Crippen LogP contribution in [-0.2, 0) is 6.18 Å². The Morgan fingerprint density at radius 1 is 0.800 bits per heavy atom. The van der Waals surface area contributed by atoms with Crippen LogP contribution in [-0.4, -0.2) is 0 Å². The van der Waals surface area contributed by atoms with Crippen molar-refractivity contribution < 1.29 is 26.3 Å². The molecule has 0 aliphatic carbocycles. The number of hydrogen-bond acceptors (Lipinski definition) is 1. The van der Waals surface area contributed by atoms with Gasteiger partial charge < -0.3 is 5.73 Å². The smallest absolute Gasteiger partial charge is 0.398 e. The molecule has 0 aliphatic rings. The van der Waals surface area contributed by atoms with E-state index in [0.717, 1.165) is 12.1 Å². The first-order valence-corrected chi connectivity index (χ1v) is 5.32. The van der Waals surface area contributed by atoms with Crippen molar-refractivity contribution in [3.8, 4) is 11.1 Å². The highest BCUT2D eigenvalue weighted by molar-refractivity contribution is 5.68. The van der Waals surface area contributed by atoms with Gasteiger partial charge >= 0.3 is 6.18 Å². The lowest BCUT2D eigenvalue weighted by Crippen LogP contribution is -2.09. The Bertz CT molecular complexity index is 639. The molecule has 2 aromatic carbocycles. The molecule has 2 aromatic rings.